The number of rotatable bonds is 6. The Balaban J connectivity index is 2.79. The maximum Gasteiger partial charge on any atom is 0.218 e. The third kappa shape index (κ3) is 4.23. The summed E-state index contributed by atoms with van der Waals surface area (Å²) in [5.74, 6) is 0.746. The molecule has 0 radical (unpaired) electrons. The minimum atomic E-state index is -3.12. The van der Waals surface area contributed by atoms with E-state index in [-0.39, 0.29) is 5.25 Å². The lowest BCUT2D eigenvalue weighted by Gasteiger charge is -2.28. The molecule has 1 atom stereocenters. The van der Waals surface area contributed by atoms with Crippen molar-refractivity contribution in [2.45, 2.75) is 39.4 Å². The van der Waals surface area contributed by atoms with E-state index in [1.807, 2.05) is 0 Å². The number of sulfonamides is 1. The molecule has 102 valence electrons. The Kier molecular flexibility index (Phi) is 5.41. The van der Waals surface area contributed by atoms with Gasteiger partial charge in [-0.15, -0.1) is 0 Å². The zero-order valence-corrected chi connectivity index (χ0v) is 12.3. The predicted molar refractivity (Wildman–Crippen MR) is 71.4 cm³/mol. The van der Waals surface area contributed by atoms with Crippen LogP contribution in [0, 0.1) is 11.8 Å². The Hall–Kier alpha value is -0.130. The Morgan fingerprint density at radius 2 is 1.71 bits per heavy atom. The summed E-state index contributed by atoms with van der Waals surface area (Å²) < 4.78 is 26.7. The first kappa shape index (κ1) is 14.9. The molecule has 4 nitrogen and oxygen atoms in total. The zero-order valence-electron chi connectivity index (χ0n) is 11.4. The van der Waals surface area contributed by atoms with Crippen LogP contribution < -0.4 is 5.32 Å². The summed E-state index contributed by atoms with van der Waals surface area (Å²) in [6, 6.07) is 0. The molecule has 0 saturated carbocycles. The van der Waals surface area contributed by atoms with Crippen LogP contribution in [0.2, 0.25) is 0 Å². The van der Waals surface area contributed by atoms with E-state index < -0.39 is 10.0 Å². The standard InChI is InChI=1S/C12H26N2O2S/c1-10(2)8-14(9-11(3)4)17(15,16)12-5-6-13-7-12/h10-13H,5-9H2,1-4H3. The van der Waals surface area contributed by atoms with Crippen molar-refractivity contribution in [3.05, 3.63) is 0 Å². The monoisotopic (exact) mass is 262 g/mol. The van der Waals surface area contributed by atoms with E-state index in [0.717, 1.165) is 13.0 Å². The van der Waals surface area contributed by atoms with E-state index in [4.69, 9.17) is 0 Å². The summed E-state index contributed by atoms with van der Waals surface area (Å²) in [6.45, 7) is 11.0. The van der Waals surface area contributed by atoms with Crippen molar-refractivity contribution >= 4 is 10.0 Å². The van der Waals surface area contributed by atoms with E-state index >= 15 is 0 Å². The number of nitrogens with zero attached hydrogens (tertiary/aromatic N) is 1. The topological polar surface area (TPSA) is 49.4 Å². The van der Waals surface area contributed by atoms with Gasteiger partial charge in [0.15, 0.2) is 0 Å². The molecular formula is C12H26N2O2S. The fourth-order valence-electron chi connectivity index (χ4n) is 2.19. The van der Waals surface area contributed by atoms with Crippen LogP contribution in [0.3, 0.4) is 0 Å². The third-order valence-corrected chi connectivity index (χ3v) is 5.20. The largest absolute Gasteiger partial charge is 0.315 e. The lowest BCUT2D eigenvalue weighted by molar-refractivity contribution is 0.330. The smallest absolute Gasteiger partial charge is 0.218 e. The van der Waals surface area contributed by atoms with Gasteiger partial charge in [-0.1, -0.05) is 27.7 Å². The van der Waals surface area contributed by atoms with Crippen LogP contribution >= 0.6 is 0 Å². The lowest BCUT2D eigenvalue weighted by atomic mass is 10.2. The molecule has 1 heterocycles. The molecule has 5 heteroatoms. The maximum absolute atomic E-state index is 12.5. The summed E-state index contributed by atoms with van der Waals surface area (Å²) >= 11 is 0. The zero-order chi connectivity index (χ0) is 13.1. The second-order valence-corrected chi connectivity index (χ2v) is 7.98. The first-order valence-corrected chi connectivity index (χ1v) is 8.04. The second-order valence-electron chi connectivity index (χ2n) is 5.76. The van der Waals surface area contributed by atoms with E-state index in [2.05, 4.69) is 33.0 Å². The van der Waals surface area contributed by atoms with Crippen molar-refractivity contribution in [2.24, 2.45) is 11.8 Å². The van der Waals surface area contributed by atoms with Crippen LogP contribution in [-0.4, -0.2) is 44.2 Å². The van der Waals surface area contributed by atoms with Crippen LogP contribution in [0.15, 0.2) is 0 Å². The number of hydrogen-bond donors (Lipinski definition) is 1. The van der Waals surface area contributed by atoms with Crippen molar-refractivity contribution < 1.29 is 8.42 Å². The minimum absolute atomic E-state index is 0.222. The summed E-state index contributed by atoms with van der Waals surface area (Å²) in [4.78, 5) is 0. The highest BCUT2D eigenvalue weighted by Crippen LogP contribution is 2.18. The van der Waals surface area contributed by atoms with Crippen LogP contribution in [0.1, 0.15) is 34.1 Å². The Morgan fingerprint density at radius 1 is 1.18 bits per heavy atom. The van der Waals surface area contributed by atoms with Crippen molar-refractivity contribution in [1.82, 2.24) is 9.62 Å². The molecule has 0 amide bonds. The van der Waals surface area contributed by atoms with Crippen molar-refractivity contribution in [2.75, 3.05) is 26.2 Å². The van der Waals surface area contributed by atoms with Crippen molar-refractivity contribution in [3.63, 3.8) is 0 Å². The van der Waals surface area contributed by atoms with Gasteiger partial charge in [0.1, 0.15) is 0 Å². The molecule has 0 aromatic carbocycles. The number of hydrogen-bond acceptors (Lipinski definition) is 3. The fourth-order valence-corrected chi connectivity index (χ4v) is 4.37. The molecule has 0 aromatic heterocycles. The summed E-state index contributed by atoms with van der Waals surface area (Å²) in [5.41, 5.74) is 0. The molecule has 1 rings (SSSR count). The Morgan fingerprint density at radius 3 is 2.06 bits per heavy atom. The molecule has 0 bridgehead atoms. The first-order chi connectivity index (χ1) is 7.84. The van der Waals surface area contributed by atoms with E-state index in [1.54, 1.807) is 4.31 Å². The molecule has 0 aliphatic carbocycles. The van der Waals surface area contributed by atoms with Gasteiger partial charge in [-0.3, -0.25) is 0 Å². The van der Waals surface area contributed by atoms with Gasteiger partial charge in [0.2, 0.25) is 10.0 Å². The van der Waals surface area contributed by atoms with Gasteiger partial charge in [0.05, 0.1) is 5.25 Å². The van der Waals surface area contributed by atoms with Crippen LogP contribution in [-0.2, 0) is 10.0 Å². The average molecular weight is 262 g/mol. The minimum Gasteiger partial charge on any atom is -0.315 e. The van der Waals surface area contributed by atoms with Crippen LogP contribution in [0.25, 0.3) is 0 Å². The van der Waals surface area contributed by atoms with Gasteiger partial charge >= 0.3 is 0 Å². The predicted octanol–water partition coefficient (Wildman–Crippen LogP) is 1.29. The molecule has 1 aliphatic heterocycles. The van der Waals surface area contributed by atoms with Crippen molar-refractivity contribution in [3.8, 4) is 0 Å². The van der Waals surface area contributed by atoms with Gasteiger partial charge in [-0.05, 0) is 24.8 Å². The molecule has 1 fully saturated rings. The summed E-state index contributed by atoms with van der Waals surface area (Å²) in [7, 11) is -3.12. The quantitative estimate of drug-likeness (QED) is 0.785. The van der Waals surface area contributed by atoms with Gasteiger partial charge in [0.25, 0.3) is 0 Å². The second kappa shape index (κ2) is 6.16. The highest BCUT2D eigenvalue weighted by Gasteiger charge is 2.34. The molecular weight excluding hydrogens is 236 g/mol. The van der Waals surface area contributed by atoms with Gasteiger partial charge in [0, 0.05) is 19.6 Å². The number of nitrogens with one attached hydrogen (secondary N) is 1. The van der Waals surface area contributed by atoms with Gasteiger partial charge in [-0.25, -0.2) is 12.7 Å². The SMILES string of the molecule is CC(C)CN(CC(C)C)S(=O)(=O)C1CCNC1. The molecule has 1 aliphatic rings. The van der Waals surface area contributed by atoms with Crippen molar-refractivity contribution in [1.29, 1.82) is 0 Å². The van der Waals surface area contributed by atoms with Crippen LogP contribution in [0.4, 0.5) is 0 Å². The molecule has 1 N–H and O–H groups in total. The maximum atomic E-state index is 12.5. The highest BCUT2D eigenvalue weighted by molar-refractivity contribution is 7.89. The summed E-state index contributed by atoms with van der Waals surface area (Å²) in [6.07, 6.45) is 0.745. The Labute approximate surface area is 106 Å². The first-order valence-electron chi connectivity index (χ1n) is 6.53. The van der Waals surface area contributed by atoms with Gasteiger partial charge in [-0.2, -0.15) is 0 Å². The highest BCUT2D eigenvalue weighted by atomic mass is 32.2. The molecule has 17 heavy (non-hydrogen) atoms. The molecule has 1 saturated heterocycles. The lowest BCUT2D eigenvalue weighted by Crippen LogP contribution is -2.43. The molecule has 0 aromatic rings. The summed E-state index contributed by atoms with van der Waals surface area (Å²) in [5, 5.41) is 2.91. The fraction of sp³-hybridized carbons (Fsp3) is 1.00. The van der Waals surface area contributed by atoms with Crippen LogP contribution in [0.5, 0.6) is 0 Å². The van der Waals surface area contributed by atoms with E-state index in [1.165, 1.54) is 0 Å². The normalized spacial score (nSPS) is 21.9. The third-order valence-electron chi connectivity index (χ3n) is 2.93. The van der Waals surface area contributed by atoms with Gasteiger partial charge < -0.3 is 5.32 Å². The van der Waals surface area contributed by atoms with E-state index in [9.17, 15) is 8.42 Å². The van der Waals surface area contributed by atoms with E-state index in [0.29, 0.717) is 31.5 Å². The molecule has 0 spiro atoms. The Bertz CT molecular complexity index is 309. The average Bonchev–Trinajstić information content (AvgIpc) is 2.68. The molecule has 1 unspecified atom stereocenters.